The zero-order valence-electron chi connectivity index (χ0n) is 24.0. The molecule has 0 saturated carbocycles. The van der Waals surface area contributed by atoms with Crippen LogP contribution in [0.5, 0.6) is 0 Å². The normalized spacial score (nSPS) is 20.1. The van der Waals surface area contributed by atoms with Crippen LogP contribution in [-0.4, -0.2) is 49.7 Å². The largest absolute Gasteiger partial charge is 0.433 e. The summed E-state index contributed by atoms with van der Waals surface area (Å²) in [5.74, 6) is 0.223. The number of carbonyl (C=O) groups excluding carboxylic acids is 1. The highest BCUT2D eigenvalue weighted by atomic mass is 35.5. The third kappa shape index (κ3) is 9.24. The van der Waals surface area contributed by atoms with E-state index in [0.29, 0.717) is 23.4 Å². The average molecular weight is 666 g/mol. The molecule has 3 aromatic rings. The van der Waals surface area contributed by atoms with Crippen LogP contribution in [0.15, 0.2) is 60.8 Å². The van der Waals surface area contributed by atoms with Crippen LogP contribution >= 0.6 is 11.6 Å². The maximum Gasteiger partial charge on any atom is 0.433 e. The Kier molecular flexibility index (Phi) is 11.2. The van der Waals surface area contributed by atoms with E-state index in [2.05, 4.69) is 26.3 Å². The van der Waals surface area contributed by atoms with Crippen LogP contribution in [0.4, 0.5) is 23.2 Å². The zero-order chi connectivity index (χ0) is 32.8. The van der Waals surface area contributed by atoms with E-state index in [1.54, 1.807) is 24.3 Å². The van der Waals surface area contributed by atoms with Crippen LogP contribution in [-0.2, 0) is 27.4 Å². The third-order valence-corrected chi connectivity index (χ3v) is 9.28. The standard InChI is InChI=1S/C31H32ClF4N5O3S/c1-2-22-5-4-16-45(43,44)41-23(18-38-22)13-14-24-25(33)6-3-7-26(24)40-30(42)29(37)28(19-8-11-21(32)12-9-19)20-10-15-27(39-17-20)31(34,35)36/h1,3,6-12,15,17,22-23,28-29,38,41H,4-5,13-14,16,18,37H2,(H,40,42)/t22?,23?,28-,29-/m0/s1. The monoisotopic (exact) mass is 665 g/mol. The quantitative estimate of drug-likeness (QED) is 0.206. The Hall–Kier alpha value is -3.54. The molecule has 1 fully saturated rings. The van der Waals surface area contributed by atoms with Gasteiger partial charge in [0.1, 0.15) is 11.5 Å². The van der Waals surface area contributed by atoms with Gasteiger partial charge in [0.2, 0.25) is 15.9 Å². The Labute approximate surface area is 264 Å². The molecule has 0 bridgehead atoms. The summed E-state index contributed by atoms with van der Waals surface area (Å²) >= 11 is 6.02. The number of carbonyl (C=O) groups is 1. The maximum atomic E-state index is 15.1. The van der Waals surface area contributed by atoms with Crippen LogP contribution in [0.25, 0.3) is 0 Å². The van der Waals surface area contributed by atoms with E-state index in [4.69, 9.17) is 23.8 Å². The number of terminal acetylenes is 1. The number of nitrogens with zero attached hydrogens (tertiary/aromatic N) is 1. The Morgan fingerprint density at radius 1 is 1.16 bits per heavy atom. The van der Waals surface area contributed by atoms with E-state index < -0.39 is 51.6 Å². The lowest BCUT2D eigenvalue weighted by Crippen LogP contribution is -2.44. The van der Waals surface area contributed by atoms with E-state index in [0.717, 1.165) is 12.3 Å². The molecule has 1 amide bonds. The highest BCUT2D eigenvalue weighted by Gasteiger charge is 2.34. The molecule has 45 heavy (non-hydrogen) atoms. The summed E-state index contributed by atoms with van der Waals surface area (Å²) < 4.78 is 82.3. The maximum absolute atomic E-state index is 15.1. The van der Waals surface area contributed by atoms with Gasteiger partial charge in [0.15, 0.2) is 0 Å². The smallest absolute Gasteiger partial charge is 0.324 e. The van der Waals surface area contributed by atoms with Crippen molar-refractivity contribution in [1.82, 2.24) is 15.0 Å². The fourth-order valence-corrected chi connectivity index (χ4v) is 6.67. The number of hydrogen-bond donors (Lipinski definition) is 4. The first-order chi connectivity index (χ1) is 21.3. The molecule has 1 aromatic heterocycles. The molecule has 1 aliphatic rings. The average Bonchev–Trinajstić information content (AvgIpc) is 3.05. The number of pyridine rings is 1. The van der Waals surface area contributed by atoms with Crippen LogP contribution in [0.1, 0.15) is 47.6 Å². The highest BCUT2D eigenvalue weighted by Crippen LogP contribution is 2.32. The fraction of sp³-hybridized carbons (Fsp3) is 0.355. The Balaban J connectivity index is 1.57. The minimum Gasteiger partial charge on any atom is -0.324 e. The van der Waals surface area contributed by atoms with Gasteiger partial charge in [-0.05, 0) is 67.1 Å². The molecule has 14 heteroatoms. The highest BCUT2D eigenvalue weighted by molar-refractivity contribution is 7.89. The van der Waals surface area contributed by atoms with Crippen molar-refractivity contribution in [2.45, 2.75) is 55.9 Å². The Bertz CT molecular complexity index is 1630. The van der Waals surface area contributed by atoms with Crippen LogP contribution in [0.3, 0.4) is 0 Å². The van der Waals surface area contributed by atoms with Crippen molar-refractivity contribution in [2.24, 2.45) is 5.73 Å². The van der Waals surface area contributed by atoms with Crippen molar-refractivity contribution in [3.05, 3.63) is 94.0 Å². The van der Waals surface area contributed by atoms with Crippen molar-refractivity contribution in [3.63, 3.8) is 0 Å². The lowest BCUT2D eigenvalue weighted by Gasteiger charge is -2.25. The minimum atomic E-state index is -4.66. The van der Waals surface area contributed by atoms with Crippen molar-refractivity contribution < 1.29 is 30.8 Å². The zero-order valence-corrected chi connectivity index (χ0v) is 25.5. The molecule has 5 N–H and O–H groups in total. The molecule has 0 aliphatic carbocycles. The topological polar surface area (TPSA) is 126 Å². The van der Waals surface area contributed by atoms with Gasteiger partial charge in [-0.15, -0.1) is 6.42 Å². The number of alkyl halides is 3. The number of aromatic nitrogens is 1. The van der Waals surface area contributed by atoms with E-state index in [1.807, 2.05) is 0 Å². The lowest BCUT2D eigenvalue weighted by molar-refractivity contribution is -0.141. The van der Waals surface area contributed by atoms with Crippen molar-refractivity contribution in [2.75, 3.05) is 17.6 Å². The number of rotatable bonds is 8. The van der Waals surface area contributed by atoms with Crippen molar-refractivity contribution in [1.29, 1.82) is 0 Å². The minimum absolute atomic E-state index is 0.0521. The second kappa shape index (κ2) is 14.7. The third-order valence-electron chi connectivity index (χ3n) is 7.51. The second-order valence-corrected chi connectivity index (χ2v) is 13.0. The SMILES string of the molecule is C#CC1CCCS(=O)(=O)NC(CCc2c(F)cccc2NC(=O)[C@@H](N)[C@@H](c2ccc(Cl)cc2)c2ccc(C(F)(F)F)nc2)CN1. The van der Waals surface area contributed by atoms with Gasteiger partial charge in [-0.3, -0.25) is 9.78 Å². The molecule has 2 unspecified atom stereocenters. The molecule has 1 saturated heterocycles. The van der Waals surface area contributed by atoms with Gasteiger partial charge in [-0.2, -0.15) is 13.2 Å². The summed E-state index contributed by atoms with van der Waals surface area (Å²) in [4.78, 5) is 17.1. The molecule has 2 aromatic carbocycles. The van der Waals surface area contributed by atoms with Crippen LogP contribution < -0.4 is 21.1 Å². The number of amides is 1. The fourth-order valence-electron chi connectivity index (χ4n) is 5.17. The summed E-state index contributed by atoms with van der Waals surface area (Å²) in [5, 5.41) is 6.21. The van der Waals surface area contributed by atoms with Gasteiger partial charge in [0, 0.05) is 41.0 Å². The summed E-state index contributed by atoms with van der Waals surface area (Å²) in [6, 6.07) is 10.2. The molecular weight excluding hydrogens is 634 g/mol. The summed E-state index contributed by atoms with van der Waals surface area (Å²) in [6.45, 7) is 0.221. The first-order valence-electron chi connectivity index (χ1n) is 14.1. The predicted molar refractivity (Wildman–Crippen MR) is 164 cm³/mol. The first kappa shape index (κ1) is 34.3. The van der Waals surface area contributed by atoms with E-state index in [-0.39, 0.29) is 48.0 Å². The van der Waals surface area contributed by atoms with Crippen LogP contribution in [0.2, 0.25) is 5.02 Å². The number of anilines is 1. The molecule has 0 radical (unpaired) electrons. The van der Waals surface area contributed by atoms with Gasteiger partial charge >= 0.3 is 6.18 Å². The molecule has 0 spiro atoms. The van der Waals surface area contributed by atoms with Gasteiger partial charge < -0.3 is 16.4 Å². The lowest BCUT2D eigenvalue weighted by atomic mass is 9.85. The molecule has 240 valence electrons. The summed E-state index contributed by atoms with van der Waals surface area (Å²) in [5.41, 5.74) is 6.32. The van der Waals surface area contributed by atoms with E-state index in [1.165, 1.54) is 24.3 Å². The molecule has 2 heterocycles. The molecule has 4 atom stereocenters. The van der Waals surface area contributed by atoms with E-state index in [9.17, 15) is 26.4 Å². The van der Waals surface area contributed by atoms with Crippen molar-refractivity contribution in [3.8, 4) is 12.3 Å². The number of nitrogens with one attached hydrogen (secondary N) is 3. The van der Waals surface area contributed by atoms with Crippen LogP contribution in [0, 0.1) is 18.2 Å². The van der Waals surface area contributed by atoms with Gasteiger partial charge in [0.25, 0.3) is 0 Å². The number of benzene rings is 2. The number of halogens is 5. The van der Waals surface area contributed by atoms with Crippen molar-refractivity contribution >= 4 is 33.2 Å². The molecule has 8 nitrogen and oxygen atoms in total. The van der Waals surface area contributed by atoms with E-state index >= 15 is 4.39 Å². The van der Waals surface area contributed by atoms with Gasteiger partial charge in [-0.25, -0.2) is 17.5 Å². The first-order valence-corrected chi connectivity index (χ1v) is 16.1. The number of nitrogens with two attached hydrogens (primary N) is 1. The number of sulfonamides is 1. The second-order valence-electron chi connectivity index (χ2n) is 10.7. The van der Waals surface area contributed by atoms with Gasteiger partial charge in [0.05, 0.1) is 17.8 Å². The Morgan fingerprint density at radius 2 is 1.87 bits per heavy atom. The molecule has 4 rings (SSSR count). The predicted octanol–water partition coefficient (Wildman–Crippen LogP) is 4.60. The molecular formula is C31H32ClF4N5O3S. The molecule has 1 aliphatic heterocycles. The Morgan fingerprint density at radius 3 is 2.51 bits per heavy atom. The summed E-state index contributed by atoms with van der Waals surface area (Å²) in [6.07, 6.45) is 3.02. The van der Waals surface area contributed by atoms with Gasteiger partial charge in [-0.1, -0.05) is 41.8 Å². The number of hydrogen-bond acceptors (Lipinski definition) is 6. The summed E-state index contributed by atoms with van der Waals surface area (Å²) in [7, 11) is -3.59.